The first-order valence-corrected chi connectivity index (χ1v) is 13.6. The number of nitrogens with zero attached hydrogens (tertiary/aromatic N) is 3. The Labute approximate surface area is 216 Å². The molecule has 0 aliphatic carbocycles. The van der Waals surface area contributed by atoms with Gasteiger partial charge < -0.3 is 10.2 Å². The zero-order chi connectivity index (χ0) is 27.2. The van der Waals surface area contributed by atoms with Crippen LogP contribution in [0, 0.1) is 20.8 Å². The summed E-state index contributed by atoms with van der Waals surface area (Å²) in [5.74, 6) is -0.743. The minimum absolute atomic E-state index is 0.0446. The third kappa shape index (κ3) is 7.30. The highest BCUT2D eigenvalue weighted by Crippen LogP contribution is 2.26. The van der Waals surface area contributed by atoms with E-state index in [4.69, 9.17) is 0 Å². The molecule has 0 aromatic heterocycles. The van der Waals surface area contributed by atoms with Gasteiger partial charge in [-0.3, -0.25) is 9.59 Å². The van der Waals surface area contributed by atoms with Crippen molar-refractivity contribution >= 4 is 27.7 Å². The second kappa shape index (κ2) is 12.4. The minimum Gasteiger partial charge on any atom is -0.352 e. The topological polar surface area (TPSA) is 90.0 Å². The summed E-state index contributed by atoms with van der Waals surface area (Å²) in [5.41, 5.74) is 3.97. The molecular formula is C27H40N4O4S. The zero-order valence-corrected chi connectivity index (χ0v) is 23.5. The first kappa shape index (κ1) is 29.3. The third-order valence-corrected chi connectivity index (χ3v) is 8.10. The van der Waals surface area contributed by atoms with Crippen molar-refractivity contribution in [2.45, 2.75) is 66.6 Å². The molecule has 9 heteroatoms. The molecule has 0 aliphatic rings. The molecule has 0 unspecified atom stereocenters. The molecule has 198 valence electrons. The molecule has 8 nitrogen and oxygen atoms in total. The normalized spacial score (nSPS) is 13.2. The molecule has 0 radical (unpaired) electrons. The number of nitrogens with one attached hydrogen (secondary N) is 1. The molecule has 1 N–H and O–H groups in total. The smallest absolute Gasteiger partial charge is 0.304 e. The van der Waals surface area contributed by atoms with Crippen LogP contribution in [-0.4, -0.2) is 62.2 Å². The van der Waals surface area contributed by atoms with E-state index in [2.05, 4.69) is 5.32 Å². The lowest BCUT2D eigenvalue weighted by Gasteiger charge is -2.33. The van der Waals surface area contributed by atoms with Crippen LogP contribution < -0.4 is 9.62 Å². The maximum Gasteiger partial charge on any atom is 0.304 e. The molecule has 2 atom stereocenters. The molecule has 0 spiro atoms. The standard InChI is InChI=1S/C27H40N4O4S/c1-9-22(5)28-27(33)23(6)30(17-24-14-11-19(2)12-15-24)26(32)18-31(36(34,35)29(7)8)25-16-20(3)10-13-21(25)4/h10-16,22-23H,9,17-18H2,1-8H3,(H,28,33)/t22-,23+/m1/s1. The summed E-state index contributed by atoms with van der Waals surface area (Å²) >= 11 is 0. The van der Waals surface area contributed by atoms with Crippen molar-refractivity contribution in [3.8, 4) is 0 Å². The SMILES string of the molecule is CC[C@@H](C)NC(=O)[C@H](C)N(Cc1ccc(C)cc1)C(=O)CN(c1cc(C)ccc1C)S(=O)(=O)N(C)C. The van der Waals surface area contributed by atoms with Crippen LogP contribution in [0.1, 0.15) is 49.4 Å². The molecule has 0 bridgehead atoms. The number of carbonyl (C=O) groups excluding carboxylic acids is 2. The van der Waals surface area contributed by atoms with E-state index < -0.39 is 28.7 Å². The van der Waals surface area contributed by atoms with Gasteiger partial charge in [0.1, 0.15) is 12.6 Å². The number of hydrogen-bond acceptors (Lipinski definition) is 4. The number of amides is 2. The molecule has 2 rings (SSSR count). The first-order chi connectivity index (χ1) is 16.8. The summed E-state index contributed by atoms with van der Waals surface area (Å²) in [7, 11) is -1.12. The molecule has 2 aromatic rings. The maximum atomic E-state index is 13.8. The van der Waals surface area contributed by atoms with Crippen molar-refractivity contribution in [2.24, 2.45) is 0 Å². The highest BCUT2D eigenvalue weighted by atomic mass is 32.2. The zero-order valence-electron chi connectivity index (χ0n) is 22.7. The van der Waals surface area contributed by atoms with Gasteiger partial charge in [-0.15, -0.1) is 0 Å². The Kier molecular flexibility index (Phi) is 10.1. The summed E-state index contributed by atoms with van der Waals surface area (Å²) in [4.78, 5) is 28.3. The Morgan fingerprint density at radius 2 is 1.53 bits per heavy atom. The number of rotatable bonds is 11. The summed E-state index contributed by atoms with van der Waals surface area (Å²) in [5, 5.41) is 2.94. The summed E-state index contributed by atoms with van der Waals surface area (Å²) < 4.78 is 28.9. The van der Waals surface area contributed by atoms with Crippen molar-refractivity contribution in [2.75, 3.05) is 24.9 Å². The average Bonchev–Trinajstić information content (AvgIpc) is 2.82. The van der Waals surface area contributed by atoms with E-state index in [0.29, 0.717) is 5.69 Å². The Hall–Kier alpha value is -2.91. The number of benzene rings is 2. The summed E-state index contributed by atoms with van der Waals surface area (Å²) in [6.07, 6.45) is 0.756. The van der Waals surface area contributed by atoms with Crippen molar-refractivity contribution in [3.05, 3.63) is 64.7 Å². The van der Waals surface area contributed by atoms with E-state index in [1.165, 1.54) is 19.0 Å². The lowest BCUT2D eigenvalue weighted by atomic mass is 10.1. The van der Waals surface area contributed by atoms with Gasteiger partial charge in [0.25, 0.3) is 0 Å². The van der Waals surface area contributed by atoms with Gasteiger partial charge in [-0.2, -0.15) is 12.7 Å². The predicted octanol–water partition coefficient (Wildman–Crippen LogP) is 3.56. The molecule has 2 amide bonds. The highest BCUT2D eigenvalue weighted by Gasteiger charge is 2.33. The van der Waals surface area contributed by atoms with E-state index in [0.717, 1.165) is 37.3 Å². The second-order valence-corrected chi connectivity index (χ2v) is 11.7. The Morgan fingerprint density at radius 3 is 2.08 bits per heavy atom. The molecular weight excluding hydrogens is 476 g/mol. The van der Waals surface area contributed by atoms with E-state index in [1.807, 2.05) is 71.0 Å². The number of anilines is 1. The van der Waals surface area contributed by atoms with E-state index >= 15 is 0 Å². The molecule has 0 saturated carbocycles. The quantitative estimate of drug-likeness (QED) is 0.495. The van der Waals surface area contributed by atoms with Gasteiger partial charge in [0.2, 0.25) is 11.8 Å². The fourth-order valence-corrected chi connectivity index (χ4v) is 4.74. The van der Waals surface area contributed by atoms with E-state index in [1.54, 1.807) is 13.0 Å². The van der Waals surface area contributed by atoms with Crippen molar-refractivity contribution in [3.63, 3.8) is 0 Å². The fraction of sp³-hybridized carbons (Fsp3) is 0.481. The second-order valence-electron chi connectivity index (χ2n) is 9.59. The van der Waals surface area contributed by atoms with Crippen LogP contribution in [0.3, 0.4) is 0 Å². The number of hydrogen-bond donors (Lipinski definition) is 1. The van der Waals surface area contributed by atoms with Crippen LogP contribution in [-0.2, 0) is 26.3 Å². The fourth-order valence-electron chi connectivity index (χ4n) is 3.63. The van der Waals surface area contributed by atoms with Crippen LogP contribution in [0.25, 0.3) is 0 Å². The largest absolute Gasteiger partial charge is 0.352 e. The highest BCUT2D eigenvalue weighted by molar-refractivity contribution is 7.90. The van der Waals surface area contributed by atoms with Gasteiger partial charge in [0.05, 0.1) is 5.69 Å². The van der Waals surface area contributed by atoms with E-state index in [-0.39, 0.29) is 18.5 Å². The number of aryl methyl sites for hydroxylation is 3. The summed E-state index contributed by atoms with van der Waals surface area (Å²) in [6.45, 7) is 11.0. The van der Waals surface area contributed by atoms with Crippen molar-refractivity contribution < 1.29 is 18.0 Å². The molecule has 0 saturated heterocycles. The van der Waals surface area contributed by atoms with Gasteiger partial charge in [0.15, 0.2) is 0 Å². The Balaban J connectivity index is 2.49. The summed E-state index contributed by atoms with van der Waals surface area (Å²) in [6, 6.07) is 12.4. The van der Waals surface area contributed by atoms with Crippen molar-refractivity contribution in [1.82, 2.24) is 14.5 Å². The van der Waals surface area contributed by atoms with Gasteiger partial charge >= 0.3 is 10.2 Å². The first-order valence-electron chi connectivity index (χ1n) is 12.2. The monoisotopic (exact) mass is 516 g/mol. The molecule has 2 aromatic carbocycles. The molecule has 0 heterocycles. The van der Waals surface area contributed by atoms with Crippen LogP contribution in [0.15, 0.2) is 42.5 Å². The molecule has 0 fully saturated rings. The Morgan fingerprint density at radius 1 is 0.944 bits per heavy atom. The minimum atomic E-state index is -3.99. The molecule has 36 heavy (non-hydrogen) atoms. The maximum absolute atomic E-state index is 13.8. The van der Waals surface area contributed by atoms with Crippen LogP contribution in [0.4, 0.5) is 5.69 Å². The van der Waals surface area contributed by atoms with Crippen LogP contribution in [0.2, 0.25) is 0 Å². The van der Waals surface area contributed by atoms with Gasteiger partial charge in [-0.1, -0.05) is 48.9 Å². The lowest BCUT2D eigenvalue weighted by Crippen LogP contribution is -2.53. The Bertz CT molecular complexity index is 1160. The van der Waals surface area contributed by atoms with Gasteiger partial charge in [-0.05, 0) is 63.8 Å². The van der Waals surface area contributed by atoms with Crippen LogP contribution in [0.5, 0.6) is 0 Å². The third-order valence-electron chi connectivity index (χ3n) is 6.29. The van der Waals surface area contributed by atoms with Crippen LogP contribution >= 0.6 is 0 Å². The average molecular weight is 517 g/mol. The van der Waals surface area contributed by atoms with Gasteiger partial charge in [0, 0.05) is 26.7 Å². The van der Waals surface area contributed by atoms with Gasteiger partial charge in [-0.25, -0.2) is 4.31 Å². The predicted molar refractivity (Wildman–Crippen MR) is 145 cm³/mol. The molecule has 0 aliphatic heterocycles. The number of carbonyl (C=O) groups is 2. The lowest BCUT2D eigenvalue weighted by molar-refractivity contribution is -0.139. The van der Waals surface area contributed by atoms with E-state index in [9.17, 15) is 18.0 Å². The van der Waals surface area contributed by atoms with Crippen molar-refractivity contribution in [1.29, 1.82) is 0 Å².